The number of carbonyl (C=O) groups is 1. The number of hydrogen-bond acceptors (Lipinski definition) is 4. The Labute approximate surface area is 117 Å². The number of amides is 1. The fraction of sp³-hybridized carbons (Fsp3) is 0.267. The molecule has 1 aromatic heterocycles. The maximum absolute atomic E-state index is 12.2. The third-order valence-electron chi connectivity index (χ3n) is 3.62. The number of aryl methyl sites for hydroxylation is 1. The summed E-state index contributed by atoms with van der Waals surface area (Å²) < 4.78 is 0. The van der Waals surface area contributed by atoms with Gasteiger partial charge in [-0.3, -0.25) is 4.79 Å². The van der Waals surface area contributed by atoms with Crippen molar-refractivity contribution in [2.45, 2.75) is 25.3 Å². The van der Waals surface area contributed by atoms with E-state index in [1.54, 1.807) is 0 Å². The second-order valence-electron chi connectivity index (χ2n) is 4.91. The second-order valence-corrected chi connectivity index (χ2v) is 4.91. The van der Waals surface area contributed by atoms with Crippen LogP contribution in [0.2, 0.25) is 0 Å². The molecule has 0 aliphatic heterocycles. The lowest BCUT2D eigenvalue weighted by Crippen LogP contribution is -2.32. The summed E-state index contributed by atoms with van der Waals surface area (Å²) in [6.45, 7) is 0. The summed E-state index contributed by atoms with van der Waals surface area (Å²) >= 11 is 0. The molecule has 1 aliphatic carbocycles. The lowest BCUT2D eigenvalue weighted by atomic mass is 9.87. The zero-order chi connectivity index (χ0) is 13.9. The number of rotatable bonds is 2. The van der Waals surface area contributed by atoms with Crippen LogP contribution in [0.25, 0.3) is 0 Å². The van der Waals surface area contributed by atoms with Gasteiger partial charge in [0.1, 0.15) is 0 Å². The fourth-order valence-electron chi connectivity index (χ4n) is 2.65. The van der Waals surface area contributed by atoms with Gasteiger partial charge in [0.05, 0.1) is 6.04 Å². The second kappa shape index (κ2) is 5.28. The van der Waals surface area contributed by atoms with Gasteiger partial charge in [-0.2, -0.15) is 0 Å². The zero-order valence-electron chi connectivity index (χ0n) is 11.0. The normalized spacial score (nSPS) is 17.3. The van der Waals surface area contributed by atoms with Gasteiger partial charge < -0.3 is 11.1 Å². The van der Waals surface area contributed by atoms with Gasteiger partial charge in [0.15, 0.2) is 11.5 Å². The van der Waals surface area contributed by atoms with Crippen molar-refractivity contribution >= 4 is 11.7 Å². The van der Waals surface area contributed by atoms with Crippen molar-refractivity contribution in [2.75, 3.05) is 5.73 Å². The van der Waals surface area contributed by atoms with E-state index >= 15 is 0 Å². The van der Waals surface area contributed by atoms with Gasteiger partial charge in [-0.1, -0.05) is 24.3 Å². The van der Waals surface area contributed by atoms with Gasteiger partial charge in [0, 0.05) is 12.4 Å². The highest BCUT2D eigenvalue weighted by atomic mass is 16.2. The SMILES string of the molecule is Nc1nccnc1C(=O)NC1CCCc2ccccc21. The smallest absolute Gasteiger partial charge is 0.274 e. The Morgan fingerprint density at radius 1 is 1.25 bits per heavy atom. The van der Waals surface area contributed by atoms with Crippen molar-refractivity contribution in [3.8, 4) is 0 Å². The molecule has 1 aromatic carbocycles. The Balaban J connectivity index is 1.83. The number of nitrogens with zero attached hydrogens (tertiary/aromatic N) is 2. The maximum Gasteiger partial charge on any atom is 0.274 e. The molecule has 0 bridgehead atoms. The molecule has 5 heteroatoms. The highest BCUT2D eigenvalue weighted by molar-refractivity contribution is 5.96. The Kier molecular flexibility index (Phi) is 3.33. The van der Waals surface area contributed by atoms with Crippen molar-refractivity contribution in [3.05, 3.63) is 53.5 Å². The van der Waals surface area contributed by atoms with Crippen LogP contribution < -0.4 is 11.1 Å². The van der Waals surface area contributed by atoms with Gasteiger partial charge in [-0.25, -0.2) is 9.97 Å². The molecule has 0 fully saturated rings. The first kappa shape index (κ1) is 12.6. The van der Waals surface area contributed by atoms with Crippen molar-refractivity contribution < 1.29 is 4.79 Å². The van der Waals surface area contributed by atoms with E-state index in [9.17, 15) is 4.79 Å². The highest BCUT2D eigenvalue weighted by Gasteiger charge is 2.23. The molecule has 1 unspecified atom stereocenters. The molecule has 3 N–H and O–H groups in total. The first-order valence-corrected chi connectivity index (χ1v) is 6.71. The van der Waals surface area contributed by atoms with Crippen LogP contribution in [0.15, 0.2) is 36.7 Å². The van der Waals surface area contributed by atoms with Crippen molar-refractivity contribution in [2.24, 2.45) is 0 Å². The van der Waals surface area contributed by atoms with Crippen LogP contribution in [0.4, 0.5) is 5.82 Å². The molecular weight excluding hydrogens is 252 g/mol. The first-order chi connectivity index (χ1) is 9.75. The standard InChI is InChI=1S/C15H16N4O/c16-14-13(17-8-9-18-14)15(20)19-12-7-3-5-10-4-1-2-6-11(10)12/h1-2,4,6,8-9,12H,3,5,7H2,(H2,16,18)(H,19,20). The number of benzene rings is 1. The van der Waals surface area contributed by atoms with Crippen molar-refractivity contribution in [1.82, 2.24) is 15.3 Å². The predicted molar refractivity (Wildman–Crippen MR) is 76.0 cm³/mol. The molecule has 0 saturated carbocycles. The minimum Gasteiger partial charge on any atom is -0.382 e. The quantitative estimate of drug-likeness (QED) is 0.871. The number of nitrogens with two attached hydrogens (primary N) is 1. The molecule has 20 heavy (non-hydrogen) atoms. The van der Waals surface area contributed by atoms with Crippen LogP contribution in [-0.2, 0) is 6.42 Å². The van der Waals surface area contributed by atoms with Gasteiger partial charge in [-0.05, 0) is 30.4 Å². The lowest BCUT2D eigenvalue weighted by molar-refractivity contribution is 0.0928. The lowest BCUT2D eigenvalue weighted by Gasteiger charge is -2.26. The topological polar surface area (TPSA) is 80.9 Å². The molecule has 0 saturated heterocycles. The molecule has 1 amide bonds. The Hall–Kier alpha value is -2.43. The third-order valence-corrected chi connectivity index (χ3v) is 3.62. The molecule has 102 valence electrons. The average Bonchev–Trinajstić information content (AvgIpc) is 2.48. The summed E-state index contributed by atoms with van der Waals surface area (Å²) in [7, 11) is 0. The molecule has 5 nitrogen and oxygen atoms in total. The minimum absolute atomic E-state index is 0.0221. The van der Waals surface area contributed by atoms with Crippen molar-refractivity contribution in [1.29, 1.82) is 0 Å². The van der Waals surface area contributed by atoms with Gasteiger partial charge >= 0.3 is 0 Å². The van der Waals surface area contributed by atoms with Crippen LogP contribution in [0.1, 0.15) is 40.5 Å². The predicted octanol–water partition coefficient (Wildman–Crippen LogP) is 1.87. The molecule has 3 rings (SSSR count). The highest BCUT2D eigenvalue weighted by Crippen LogP contribution is 2.29. The Morgan fingerprint density at radius 3 is 2.90 bits per heavy atom. The number of anilines is 1. The van der Waals surface area contributed by atoms with Crippen LogP contribution >= 0.6 is 0 Å². The third kappa shape index (κ3) is 2.34. The summed E-state index contributed by atoms with van der Waals surface area (Å²) in [4.78, 5) is 20.1. The van der Waals surface area contributed by atoms with E-state index < -0.39 is 0 Å². The molecule has 1 atom stereocenters. The minimum atomic E-state index is -0.266. The van der Waals surface area contributed by atoms with Crippen LogP contribution in [0.5, 0.6) is 0 Å². The summed E-state index contributed by atoms with van der Waals surface area (Å²) in [5, 5.41) is 3.01. The Morgan fingerprint density at radius 2 is 2.05 bits per heavy atom. The van der Waals surface area contributed by atoms with Gasteiger partial charge in [0.25, 0.3) is 5.91 Å². The van der Waals surface area contributed by atoms with E-state index in [0.29, 0.717) is 0 Å². The van der Waals surface area contributed by atoms with E-state index in [0.717, 1.165) is 19.3 Å². The van der Waals surface area contributed by atoms with E-state index in [2.05, 4.69) is 27.4 Å². The molecule has 1 heterocycles. The van der Waals surface area contributed by atoms with Crippen molar-refractivity contribution in [3.63, 3.8) is 0 Å². The largest absolute Gasteiger partial charge is 0.382 e. The fourth-order valence-corrected chi connectivity index (χ4v) is 2.65. The van der Waals surface area contributed by atoms with E-state index in [-0.39, 0.29) is 23.5 Å². The Bertz CT molecular complexity index is 641. The van der Waals surface area contributed by atoms with E-state index in [4.69, 9.17) is 5.73 Å². The van der Waals surface area contributed by atoms with E-state index in [1.165, 1.54) is 23.5 Å². The number of hydrogen-bond donors (Lipinski definition) is 2. The summed E-state index contributed by atoms with van der Waals surface area (Å²) in [5.74, 6) is -0.105. The number of carbonyl (C=O) groups excluding carboxylic acids is 1. The van der Waals surface area contributed by atoms with E-state index in [1.807, 2.05) is 12.1 Å². The van der Waals surface area contributed by atoms with Gasteiger partial charge in [0.2, 0.25) is 0 Å². The van der Waals surface area contributed by atoms with Gasteiger partial charge in [-0.15, -0.1) is 0 Å². The average molecular weight is 268 g/mol. The number of aromatic nitrogens is 2. The van der Waals surface area contributed by atoms with Crippen LogP contribution in [-0.4, -0.2) is 15.9 Å². The first-order valence-electron chi connectivity index (χ1n) is 6.71. The summed E-state index contributed by atoms with van der Waals surface area (Å²) in [5.41, 5.74) is 8.37. The molecule has 0 radical (unpaired) electrons. The summed E-state index contributed by atoms with van der Waals surface area (Å²) in [6.07, 6.45) is 6.01. The molecule has 1 aliphatic rings. The number of fused-ring (bicyclic) bond motifs is 1. The molecule has 0 spiro atoms. The monoisotopic (exact) mass is 268 g/mol. The zero-order valence-corrected chi connectivity index (χ0v) is 11.0. The summed E-state index contributed by atoms with van der Waals surface area (Å²) in [6, 6.07) is 8.24. The van der Waals surface area contributed by atoms with Crippen LogP contribution in [0.3, 0.4) is 0 Å². The number of nitrogen functional groups attached to an aromatic ring is 1. The molecular formula is C15H16N4O. The maximum atomic E-state index is 12.2. The number of nitrogens with one attached hydrogen (secondary N) is 1. The molecule has 2 aromatic rings. The van der Waals surface area contributed by atoms with Crippen LogP contribution in [0, 0.1) is 0 Å².